The van der Waals surface area contributed by atoms with Crippen molar-refractivity contribution in [3.63, 3.8) is 0 Å². The van der Waals surface area contributed by atoms with Crippen LogP contribution in [-0.2, 0) is 4.74 Å². The van der Waals surface area contributed by atoms with E-state index >= 15 is 0 Å². The summed E-state index contributed by atoms with van der Waals surface area (Å²) >= 11 is 0. The highest BCUT2D eigenvalue weighted by atomic mass is 16.6. The standard InChI is InChI=1S/C30H45N5O4/c1-18(10-13-30(5)19(2)8-9-20-21(30)7-6-12-29(20,3)4)11-14-31-26-23-27(33-16-32-26)35(17-34-23)28-25(38)24(37)22(15-36)39-28/h9,11,16-17,19,21-22,24-25,28,36-38H,6-8,10,12-15H2,1-5H3,(H,31,32,33)/b18-11+/t19-,21+,22+,24?,25?,28+,30?/m0/s1. The molecule has 4 N–H and O–H groups in total. The number of hydrogen-bond donors (Lipinski definition) is 4. The van der Waals surface area contributed by atoms with Crippen molar-refractivity contribution >= 4 is 17.0 Å². The van der Waals surface area contributed by atoms with Crippen LogP contribution >= 0.6 is 0 Å². The number of nitrogens with one attached hydrogen (secondary N) is 1. The van der Waals surface area contributed by atoms with Crippen LogP contribution in [0.25, 0.3) is 11.2 Å². The first-order valence-electron chi connectivity index (χ1n) is 14.5. The van der Waals surface area contributed by atoms with Crippen molar-refractivity contribution in [2.75, 3.05) is 18.5 Å². The quantitative estimate of drug-likeness (QED) is 0.364. The first-order chi connectivity index (χ1) is 18.6. The van der Waals surface area contributed by atoms with Crippen molar-refractivity contribution in [2.24, 2.45) is 22.7 Å². The van der Waals surface area contributed by atoms with Gasteiger partial charge in [-0.2, -0.15) is 0 Å². The van der Waals surface area contributed by atoms with Gasteiger partial charge in [-0.05, 0) is 61.7 Å². The monoisotopic (exact) mass is 539 g/mol. The molecular weight excluding hydrogens is 494 g/mol. The fourth-order valence-corrected chi connectivity index (χ4v) is 7.13. The van der Waals surface area contributed by atoms with Crippen molar-refractivity contribution in [3.05, 3.63) is 36.0 Å². The molecule has 214 valence electrons. The maximum absolute atomic E-state index is 10.4. The highest BCUT2D eigenvalue weighted by molar-refractivity contribution is 5.82. The van der Waals surface area contributed by atoms with E-state index in [0.717, 1.165) is 6.42 Å². The first-order valence-corrected chi connectivity index (χ1v) is 14.5. The Morgan fingerprint density at radius 3 is 2.74 bits per heavy atom. The fraction of sp³-hybridized carbons (Fsp3) is 0.700. The topological polar surface area (TPSA) is 126 Å². The van der Waals surface area contributed by atoms with Crippen molar-refractivity contribution in [3.8, 4) is 0 Å². The molecule has 9 heteroatoms. The Hall–Kier alpha value is -2.33. The molecule has 2 aliphatic carbocycles. The van der Waals surface area contributed by atoms with Crippen LogP contribution in [0.15, 0.2) is 36.0 Å². The molecule has 2 aromatic rings. The Kier molecular flexibility index (Phi) is 7.90. The van der Waals surface area contributed by atoms with Crippen LogP contribution < -0.4 is 5.32 Å². The lowest BCUT2D eigenvalue weighted by atomic mass is 9.52. The molecular formula is C30H45N5O4. The Labute approximate surface area is 231 Å². The minimum Gasteiger partial charge on any atom is -0.394 e. The third kappa shape index (κ3) is 5.14. The molecule has 2 fully saturated rings. The van der Waals surface area contributed by atoms with E-state index in [2.05, 4.69) is 67.0 Å². The van der Waals surface area contributed by atoms with Gasteiger partial charge in [0.05, 0.1) is 12.9 Å². The maximum atomic E-state index is 10.4. The molecule has 1 saturated carbocycles. The highest BCUT2D eigenvalue weighted by Crippen LogP contribution is 2.58. The van der Waals surface area contributed by atoms with Gasteiger partial charge < -0.3 is 25.4 Å². The van der Waals surface area contributed by atoms with E-state index in [1.165, 1.54) is 50.3 Å². The summed E-state index contributed by atoms with van der Waals surface area (Å²) in [5.74, 6) is 1.98. The van der Waals surface area contributed by atoms with Gasteiger partial charge in [0, 0.05) is 6.54 Å². The minimum absolute atomic E-state index is 0.325. The number of aliphatic hydroxyl groups is 3. The van der Waals surface area contributed by atoms with Crippen LogP contribution in [0.2, 0.25) is 0 Å². The molecule has 9 nitrogen and oxygen atoms in total. The second-order valence-corrected chi connectivity index (χ2v) is 12.8. The lowest BCUT2D eigenvalue weighted by Gasteiger charge is -2.53. The molecule has 7 atom stereocenters. The number of fused-ring (bicyclic) bond motifs is 2. The Bertz CT molecular complexity index is 1240. The molecule has 0 aromatic carbocycles. The molecule has 0 spiro atoms. The molecule has 3 unspecified atom stereocenters. The van der Waals surface area contributed by atoms with Gasteiger partial charge in [-0.25, -0.2) is 15.0 Å². The van der Waals surface area contributed by atoms with Crippen molar-refractivity contribution in [2.45, 2.75) is 97.7 Å². The minimum atomic E-state index is -1.20. The van der Waals surface area contributed by atoms with Crippen LogP contribution in [0.4, 0.5) is 5.82 Å². The number of aliphatic hydroxyl groups excluding tert-OH is 3. The van der Waals surface area contributed by atoms with Crippen molar-refractivity contribution in [1.82, 2.24) is 19.5 Å². The van der Waals surface area contributed by atoms with Crippen molar-refractivity contribution < 1.29 is 20.1 Å². The molecule has 39 heavy (non-hydrogen) atoms. The molecule has 3 heterocycles. The van der Waals surface area contributed by atoms with Crippen LogP contribution in [0, 0.1) is 22.7 Å². The number of aromatic nitrogens is 4. The van der Waals surface area contributed by atoms with Gasteiger partial charge in [-0.3, -0.25) is 4.57 Å². The predicted molar refractivity (Wildman–Crippen MR) is 151 cm³/mol. The van der Waals surface area contributed by atoms with Gasteiger partial charge in [0.1, 0.15) is 24.6 Å². The summed E-state index contributed by atoms with van der Waals surface area (Å²) in [4.78, 5) is 13.2. The van der Waals surface area contributed by atoms with Gasteiger partial charge in [0.25, 0.3) is 0 Å². The Balaban J connectivity index is 1.23. The zero-order valence-corrected chi connectivity index (χ0v) is 24.0. The van der Waals surface area contributed by atoms with Gasteiger partial charge in [0.15, 0.2) is 23.2 Å². The smallest absolute Gasteiger partial charge is 0.167 e. The third-order valence-corrected chi connectivity index (χ3v) is 9.99. The van der Waals surface area contributed by atoms with Gasteiger partial charge in [-0.15, -0.1) is 0 Å². The summed E-state index contributed by atoms with van der Waals surface area (Å²) in [6.07, 6.45) is 11.0. The van der Waals surface area contributed by atoms with E-state index in [0.29, 0.717) is 46.2 Å². The first kappa shape index (κ1) is 28.2. The molecule has 0 amide bonds. The number of imidazole rings is 1. The van der Waals surface area contributed by atoms with Crippen LogP contribution in [0.1, 0.15) is 79.4 Å². The Morgan fingerprint density at radius 1 is 1.21 bits per heavy atom. The number of allylic oxidation sites excluding steroid dienone is 3. The zero-order valence-electron chi connectivity index (χ0n) is 24.0. The van der Waals surface area contributed by atoms with E-state index in [1.54, 1.807) is 10.1 Å². The number of anilines is 1. The average Bonchev–Trinajstić information content (AvgIpc) is 3.46. The van der Waals surface area contributed by atoms with Crippen LogP contribution in [0.5, 0.6) is 0 Å². The summed E-state index contributed by atoms with van der Waals surface area (Å²) in [6, 6.07) is 0. The molecule has 0 bridgehead atoms. The maximum Gasteiger partial charge on any atom is 0.167 e. The molecule has 5 rings (SSSR count). The second kappa shape index (κ2) is 10.9. The molecule has 1 saturated heterocycles. The van der Waals surface area contributed by atoms with E-state index in [1.807, 2.05) is 0 Å². The second-order valence-electron chi connectivity index (χ2n) is 12.8. The largest absolute Gasteiger partial charge is 0.394 e. The summed E-state index contributed by atoms with van der Waals surface area (Å²) < 4.78 is 7.23. The highest BCUT2D eigenvalue weighted by Gasteiger charge is 2.48. The molecule has 3 aliphatic rings. The summed E-state index contributed by atoms with van der Waals surface area (Å²) in [7, 11) is 0. The van der Waals surface area contributed by atoms with Gasteiger partial charge >= 0.3 is 0 Å². The summed E-state index contributed by atoms with van der Waals surface area (Å²) in [6.45, 7) is 12.3. The number of ether oxygens (including phenoxy) is 1. The number of nitrogens with zero attached hydrogens (tertiary/aromatic N) is 4. The summed E-state index contributed by atoms with van der Waals surface area (Å²) in [5, 5.41) is 33.3. The SMILES string of the molecule is C/C(=C\CNc1ncnc2c1ncn2[C@@H]1O[C@H](CO)C(O)C1O)CCC1(C)[C@@H]2CCCC(C)(C)C2=CC[C@@H]1C. The van der Waals surface area contributed by atoms with E-state index in [-0.39, 0.29) is 6.61 Å². The lowest BCUT2D eigenvalue weighted by Crippen LogP contribution is -2.43. The molecule has 2 aromatic heterocycles. The lowest BCUT2D eigenvalue weighted by molar-refractivity contribution is -0.0511. The summed E-state index contributed by atoms with van der Waals surface area (Å²) in [5.41, 5.74) is 4.78. The van der Waals surface area contributed by atoms with Gasteiger partial charge in [0.2, 0.25) is 0 Å². The Morgan fingerprint density at radius 2 is 2.00 bits per heavy atom. The third-order valence-electron chi connectivity index (χ3n) is 9.99. The van der Waals surface area contributed by atoms with Crippen LogP contribution in [-0.4, -0.2) is 66.3 Å². The fourth-order valence-electron chi connectivity index (χ4n) is 7.13. The zero-order chi connectivity index (χ0) is 27.9. The number of rotatable bonds is 8. The predicted octanol–water partition coefficient (Wildman–Crippen LogP) is 4.38. The molecule has 1 aliphatic heterocycles. The van der Waals surface area contributed by atoms with E-state index < -0.39 is 24.5 Å². The van der Waals surface area contributed by atoms with E-state index in [4.69, 9.17) is 4.74 Å². The number of hydrogen-bond acceptors (Lipinski definition) is 8. The van der Waals surface area contributed by atoms with Crippen LogP contribution in [0.3, 0.4) is 0 Å². The average molecular weight is 540 g/mol. The van der Waals surface area contributed by atoms with Crippen molar-refractivity contribution in [1.29, 1.82) is 0 Å². The molecule has 0 radical (unpaired) electrons. The van der Waals surface area contributed by atoms with Gasteiger partial charge in [-0.1, -0.05) is 57.4 Å². The normalized spacial score (nSPS) is 34.7. The van der Waals surface area contributed by atoms with E-state index in [9.17, 15) is 15.3 Å².